The summed E-state index contributed by atoms with van der Waals surface area (Å²) in [6.07, 6.45) is -0.622. The first kappa shape index (κ1) is 10.6. The summed E-state index contributed by atoms with van der Waals surface area (Å²) in [6, 6.07) is 3.65. The van der Waals surface area contributed by atoms with Crippen molar-refractivity contribution in [3.05, 3.63) is 35.1 Å². The Morgan fingerprint density at radius 2 is 2.19 bits per heavy atom. The average molecular weight is 223 g/mol. The van der Waals surface area contributed by atoms with E-state index in [-0.39, 0.29) is 5.56 Å². The fourth-order valence-electron chi connectivity index (χ4n) is 1.91. The zero-order chi connectivity index (χ0) is 11.9. The fourth-order valence-corrected chi connectivity index (χ4v) is 1.91. The minimum atomic E-state index is -0.715. The lowest BCUT2D eigenvalue weighted by Gasteiger charge is -2.28. The monoisotopic (exact) mass is 223 g/mol. The number of esters is 1. The van der Waals surface area contributed by atoms with Crippen molar-refractivity contribution in [3.63, 3.8) is 0 Å². The summed E-state index contributed by atoms with van der Waals surface area (Å²) in [5.74, 6) is -2.48. The first-order valence-electron chi connectivity index (χ1n) is 4.80. The van der Waals surface area contributed by atoms with Crippen LogP contribution in [0.1, 0.15) is 28.8 Å². The van der Waals surface area contributed by atoms with E-state index in [0.29, 0.717) is 5.56 Å². The molecule has 0 aliphatic carbocycles. The van der Waals surface area contributed by atoms with Gasteiger partial charge in [-0.15, -0.1) is 0 Å². The molecule has 1 heterocycles. The normalized spacial score (nSPS) is 23.5. The van der Waals surface area contributed by atoms with Gasteiger partial charge in [-0.2, -0.15) is 0 Å². The maximum atomic E-state index is 13.0. The number of hydrogen-bond acceptors (Lipinski definition) is 3. The molecular weight excluding hydrogens is 213 g/mol. The Hall–Kier alpha value is -1.91. The number of rotatable bonds is 1. The van der Waals surface area contributed by atoms with Crippen LogP contribution in [0.15, 0.2) is 18.2 Å². The first-order chi connectivity index (χ1) is 7.50. The van der Waals surface area contributed by atoms with Crippen LogP contribution in [0.4, 0.5) is 4.39 Å². The van der Waals surface area contributed by atoms with Crippen molar-refractivity contribution in [2.75, 3.05) is 0 Å². The molecule has 1 aliphatic heterocycles. The minimum Gasteiger partial charge on any atom is -0.458 e. The van der Waals surface area contributed by atoms with E-state index < -0.39 is 29.7 Å². The summed E-state index contributed by atoms with van der Waals surface area (Å²) in [7, 11) is 0. The van der Waals surface area contributed by atoms with Crippen molar-refractivity contribution < 1.29 is 18.7 Å². The third kappa shape index (κ3) is 1.54. The number of hydrogen-bond donors (Lipinski definition) is 1. The standard InChI is InChI=1S/C11H10FNO3/c1-5-9(10(13)14)7-3-2-6(12)4-8(7)11(15)16-5/h2-5,9H,1H3,(H2,13,14). The van der Waals surface area contributed by atoms with E-state index >= 15 is 0 Å². The molecule has 0 saturated carbocycles. The van der Waals surface area contributed by atoms with Crippen molar-refractivity contribution >= 4 is 11.9 Å². The van der Waals surface area contributed by atoms with Gasteiger partial charge in [0.25, 0.3) is 0 Å². The van der Waals surface area contributed by atoms with E-state index in [1.54, 1.807) is 6.92 Å². The summed E-state index contributed by atoms with van der Waals surface area (Å²) >= 11 is 0. The smallest absolute Gasteiger partial charge is 0.338 e. The van der Waals surface area contributed by atoms with Crippen LogP contribution in [-0.4, -0.2) is 18.0 Å². The second-order valence-electron chi connectivity index (χ2n) is 3.72. The number of carbonyl (C=O) groups is 2. The molecule has 0 radical (unpaired) electrons. The largest absolute Gasteiger partial charge is 0.458 e. The summed E-state index contributed by atoms with van der Waals surface area (Å²) in [5.41, 5.74) is 5.73. The Bertz CT molecular complexity index is 472. The molecule has 1 aliphatic rings. The number of ether oxygens (including phenoxy) is 1. The summed E-state index contributed by atoms with van der Waals surface area (Å²) in [6.45, 7) is 1.58. The number of carbonyl (C=O) groups excluding carboxylic acids is 2. The van der Waals surface area contributed by atoms with E-state index in [1.165, 1.54) is 12.1 Å². The van der Waals surface area contributed by atoms with Crippen LogP contribution in [-0.2, 0) is 9.53 Å². The molecule has 0 spiro atoms. The molecule has 4 nitrogen and oxygen atoms in total. The molecule has 84 valence electrons. The molecule has 1 aromatic rings. The molecular formula is C11H10FNO3. The number of benzene rings is 1. The summed E-state index contributed by atoms with van der Waals surface area (Å²) in [5, 5.41) is 0. The predicted molar refractivity (Wildman–Crippen MR) is 53.2 cm³/mol. The van der Waals surface area contributed by atoms with Crippen LogP contribution in [0.3, 0.4) is 0 Å². The van der Waals surface area contributed by atoms with E-state index in [0.717, 1.165) is 6.07 Å². The lowest BCUT2D eigenvalue weighted by molar-refractivity contribution is -0.122. The third-order valence-electron chi connectivity index (χ3n) is 2.64. The molecule has 1 amide bonds. The maximum Gasteiger partial charge on any atom is 0.338 e. The van der Waals surface area contributed by atoms with Gasteiger partial charge in [-0.05, 0) is 24.6 Å². The maximum absolute atomic E-state index is 13.0. The molecule has 2 atom stereocenters. The number of amides is 1. The van der Waals surface area contributed by atoms with Crippen molar-refractivity contribution in [3.8, 4) is 0 Å². The van der Waals surface area contributed by atoms with Gasteiger partial charge in [0.05, 0.1) is 5.56 Å². The number of nitrogens with two attached hydrogens (primary N) is 1. The minimum absolute atomic E-state index is 0.0712. The van der Waals surface area contributed by atoms with Crippen LogP contribution >= 0.6 is 0 Å². The van der Waals surface area contributed by atoms with Crippen molar-refractivity contribution in [1.82, 2.24) is 0 Å². The molecule has 2 rings (SSSR count). The molecule has 2 N–H and O–H groups in total. The number of fused-ring (bicyclic) bond motifs is 1. The number of cyclic esters (lactones) is 1. The Morgan fingerprint density at radius 1 is 1.50 bits per heavy atom. The lowest BCUT2D eigenvalue weighted by atomic mass is 9.87. The van der Waals surface area contributed by atoms with Crippen molar-refractivity contribution in [2.45, 2.75) is 18.9 Å². The Labute approximate surface area is 91.2 Å². The van der Waals surface area contributed by atoms with Crippen molar-refractivity contribution in [1.29, 1.82) is 0 Å². The van der Waals surface area contributed by atoms with E-state index in [4.69, 9.17) is 10.5 Å². The number of halogens is 1. The average Bonchev–Trinajstić information content (AvgIpc) is 2.18. The van der Waals surface area contributed by atoms with E-state index in [9.17, 15) is 14.0 Å². The van der Waals surface area contributed by atoms with Gasteiger partial charge >= 0.3 is 5.97 Å². The highest BCUT2D eigenvalue weighted by Gasteiger charge is 2.36. The van der Waals surface area contributed by atoms with Gasteiger partial charge in [0.1, 0.15) is 17.8 Å². The van der Waals surface area contributed by atoms with Gasteiger partial charge in [0, 0.05) is 0 Å². The highest BCUT2D eigenvalue weighted by molar-refractivity contribution is 5.96. The molecule has 0 bridgehead atoms. The number of primary amides is 1. The Balaban J connectivity index is 2.59. The summed E-state index contributed by atoms with van der Waals surface area (Å²) < 4.78 is 17.9. The van der Waals surface area contributed by atoms with Gasteiger partial charge < -0.3 is 10.5 Å². The Morgan fingerprint density at radius 3 is 2.81 bits per heavy atom. The van der Waals surface area contributed by atoms with Crippen LogP contribution in [0, 0.1) is 5.82 Å². The van der Waals surface area contributed by atoms with Gasteiger partial charge in [-0.1, -0.05) is 6.07 Å². The fraction of sp³-hybridized carbons (Fsp3) is 0.273. The van der Waals surface area contributed by atoms with E-state index in [1.807, 2.05) is 0 Å². The van der Waals surface area contributed by atoms with Crippen LogP contribution < -0.4 is 5.73 Å². The zero-order valence-electron chi connectivity index (χ0n) is 8.57. The van der Waals surface area contributed by atoms with Gasteiger partial charge in [0.15, 0.2) is 0 Å². The van der Waals surface area contributed by atoms with Gasteiger partial charge in [0.2, 0.25) is 5.91 Å². The second-order valence-corrected chi connectivity index (χ2v) is 3.72. The molecule has 0 fully saturated rings. The molecule has 16 heavy (non-hydrogen) atoms. The topological polar surface area (TPSA) is 69.4 Å². The highest BCUT2D eigenvalue weighted by Crippen LogP contribution is 2.31. The van der Waals surface area contributed by atoms with Gasteiger partial charge in [-0.25, -0.2) is 9.18 Å². The molecule has 1 aromatic carbocycles. The SMILES string of the molecule is CC1OC(=O)c2cc(F)ccc2C1C(N)=O. The zero-order valence-corrected chi connectivity index (χ0v) is 8.57. The highest BCUT2D eigenvalue weighted by atomic mass is 19.1. The predicted octanol–water partition coefficient (Wildman–Crippen LogP) is 0.954. The first-order valence-corrected chi connectivity index (χ1v) is 4.80. The second kappa shape index (κ2) is 3.59. The molecule has 0 aromatic heterocycles. The Kier molecular flexibility index (Phi) is 2.38. The molecule has 0 saturated heterocycles. The lowest BCUT2D eigenvalue weighted by Crippen LogP contribution is -2.38. The molecule has 5 heteroatoms. The molecule has 2 unspecified atom stereocenters. The van der Waals surface area contributed by atoms with Crippen LogP contribution in [0.2, 0.25) is 0 Å². The van der Waals surface area contributed by atoms with E-state index in [2.05, 4.69) is 0 Å². The van der Waals surface area contributed by atoms with Crippen molar-refractivity contribution in [2.24, 2.45) is 5.73 Å². The summed E-state index contributed by atoms with van der Waals surface area (Å²) in [4.78, 5) is 22.7. The van der Waals surface area contributed by atoms with Gasteiger partial charge in [-0.3, -0.25) is 4.79 Å². The third-order valence-corrected chi connectivity index (χ3v) is 2.64. The van der Waals surface area contributed by atoms with Crippen LogP contribution in [0.5, 0.6) is 0 Å². The van der Waals surface area contributed by atoms with Crippen LogP contribution in [0.25, 0.3) is 0 Å². The quantitative estimate of drug-likeness (QED) is 0.721.